The molecule has 0 amide bonds. The molecule has 2 N–H and O–H groups in total. The van der Waals surface area contributed by atoms with Crippen LogP contribution in [0, 0.1) is 0 Å². The van der Waals surface area contributed by atoms with E-state index in [0.29, 0.717) is 5.02 Å². The number of hydrogen-bond donors (Lipinski definition) is 1. The lowest BCUT2D eigenvalue weighted by Gasteiger charge is -2.35. The lowest BCUT2D eigenvalue weighted by molar-refractivity contribution is -0.0403. The van der Waals surface area contributed by atoms with Gasteiger partial charge in [-0.3, -0.25) is 9.58 Å². The molecular weight excluding hydrogens is 240 g/mol. The van der Waals surface area contributed by atoms with Crippen molar-refractivity contribution in [3.05, 3.63) is 16.9 Å². The van der Waals surface area contributed by atoms with Crippen molar-refractivity contribution in [1.82, 2.24) is 14.7 Å². The first kappa shape index (κ1) is 12.8. The Morgan fingerprint density at radius 2 is 2.47 bits per heavy atom. The Hall–Kier alpha value is -0.620. The highest BCUT2D eigenvalue weighted by atomic mass is 35.5. The Bertz CT molecular complexity index is 362. The van der Waals surface area contributed by atoms with Crippen LogP contribution in [0.3, 0.4) is 0 Å². The molecule has 0 radical (unpaired) electrons. The third kappa shape index (κ3) is 2.63. The van der Waals surface area contributed by atoms with Crippen molar-refractivity contribution in [2.75, 3.05) is 26.2 Å². The molecule has 1 aromatic heterocycles. The number of hydrogen-bond acceptors (Lipinski definition) is 4. The molecule has 5 nitrogen and oxygen atoms in total. The largest absolute Gasteiger partial charge is 0.374 e. The minimum absolute atomic E-state index is 0.0170. The van der Waals surface area contributed by atoms with E-state index in [1.807, 2.05) is 7.05 Å². The average Bonchev–Trinajstić information content (AvgIpc) is 2.68. The van der Waals surface area contributed by atoms with E-state index in [1.54, 1.807) is 10.9 Å². The van der Waals surface area contributed by atoms with Crippen molar-refractivity contribution >= 4 is 11.6 Å². The molecule has 17 heavy (non-hydrogen) atoms. The summed E-state index contributed by atoms with van der Waals surface area (Å²) in [5, 5.41) is 4.72. The first-order valence-corrected chi connectivity index (χ1v) is 6.28. The summed E-state index contributed by atoms with van der Waals surface area (Å²) in [6, 6.07) is -0.232. The molecule has 2 atom stereocenters. The first-order valence-electron chi connectivity index (χ1n) is 5.90. The number of nitrogens with zero attached hydrogens (tertiary/aromatic N) is 3. The van der Waals surface area contributed by atoms with Gasteiger partial charge in [0, 0.05) is 20.1 Å². The molecule has 0 aliphatic carbocycles. The summed E-state index contributed by atoms with van der Waals surface area (Å²) < 4.78 is 7.46. The van der Waals surface area contributed by atoms with Crippen LogP contribution in [0.2, 0.25) is 5.02 Å². The Kier molecular flexibility index (Phi) is 4.04. The summed E-state index contributed by atoms with van der Waals surface area (Å²) >= 11 is 6.10. The van der Waals surface area contributed by atoms with E-state index >= 15 is 0 Å². The van der Waals surface area contributed by atoms with Crippen molar-refractivity contribution in [2.45, 2.75) is 19.1 Å². The molecule has 1 aliphatic heterocycles. The van der Waals surface area contributed by atoms with Crippen LogP contribution in [0.1, 0.15) is 18.7 Å². The molecular formula is C11H19ClN4O. The molecule has 0 aromatic carbocycles. The predicted octanol–water partition coefficient (Wildman–Crippen LogP) is 0.794. The summed E-state index contributed by atoms with van der Waals surface area (Å²) in [6.07, 6.45) is 1.61. The highest BCUT2D eigenvalue weighted by molar-refractivity contribution is 6.31. The Labute approximate surface area is 106 Å². The number of aryl methyl sites for hydroxylation is 1. The molecule has 2 rings (SSSR count). The van der Waals surface area contributed by atoms with Crippen molar-refractivity contribution in [2.24, 2.45) is 12.8 Å². The summed E-state index contributed by atoms with van der Waals surface area (Å²) in [4.78, 5) is 2.33. The minimum atomic E-state index is -0.232. The van der Waals surface area contributed by atoms with Gasteiger partial charge in [-0.1, -0.05) is 18.5 Å². The van der Waals surface area contributed by atoms with Gasteiger partial charge in [0.05, 0.1) is 35.7 Å². The molecule has 1 saturated heterocycles. The van der Waals surface area contributed by atoms with Gasteiger partial charge in [0.15, 0.2) is 0 Å². The van der Waals surface area contributed by atoms with Crippen molar-refractivity contribution in [1.29, 1.82) is 0 Å². The smallest absolute Gasteiger partial charge is 0.0910 e. The van der Waals surface area contributed by atoms with Gasteiger partial charge in [-0.25, -0.2) is 0 Å². The van der Waals surface area contributed by atoms with E-state index in [4.69, 9.17) is 22.1 Å². The van der Waals surface area contributed by atoms with E-state index in [1.165, 1.54) is 0 Å². The van der Waals surface area contributed by atoms with Gasteiger partial charge in [0.1, 0.15) is 0 Å². The van der Waals surface area contributed by atoms with Gasteiger partial charge >= 0.3 is 0 Å². The van der Waals surface area contributed by atoms with Crippen LogP contribution < -0.4 is 5.73 Å². The number of rotatable bonds is 3. The standard InChI is InChI=1S/C11H19ClN4O/c1-3-16-4-5-17-9(7-16)10(13)11-8(12)6-14-15(11)2/h6,9-10H,3-5,7,13H2,1-2H3. The third-order valence-corrected chi connectivity index (χ3v) is 3.57. The number of likely N-dealkylation sites (N-methyl/N-ethyl adjacent to an activating group) is 1. The normalized spacial score (nSPS) is 23.9. The molecule has 0 bridgehead atoms. The summed E-state index contributed by atoms with van der Waals surface area (Å²) in [6.45, 7) is 5.70. The fourth-order valence-electron chi connectivity index (χ4n) is 2.21. The molecule has 0 saturated carbocycles. The molecule has 1 aromatic rings. The molecule has 1 fully saturated rings. The van der Waals surface area contributed by atoms with E-state index < -0.39 is 0 Å². The predicted molar refractivity (Wildman–Crippen MR) is 67.0 cm³/mol. The monoisotopic (exact) mass is 258 g/mol. The summed E-state index contributed by atoms with van der Waals surface area (Å²) in [5.41, 5.74) is 7.08. The number of nitrogens with two attached hydrogens (primary N) is 1. The molecule has 1 aliphatic rings. The molecule has 2 unspecified atom stereocenters. The second-order valence-electron chi connectivity index (χ2n) is 4.33. The zero-order valence-corrected chi connectivity index (χ0v) is 11.0. The Balaban J connectivity index is 2.11. The number of aromatic nitrogens is 2. The van der Waals surface area contributed by atoms with E-state index in [-0.39, 0.29) is 12.1 Å². The quantitative estimate of drug-likeness (QED) is 0.871. The maximum Gasteiger partial charge on any atom is 0.0910 e. The van der Waals surface area contributed by atoms with Crippen LogP contribution in [0.15, 0.2) is 6.20 Å². The summed E-state index contributed by atoms with van der Waals surface area (Å²) in [7, 11) is 1.85. The number of halogens is 1. The number of ether oxygens (including phenoxy) is 1. The number of morpholine rings is 1. The van der Waals surface area contributed by atoms with E-state index in [0.717, 1.165) is 31.9 Å². The highest BCUT2D eigenvalue weighted by Crippen LogP contribution is 2.25. The topological polar surface area (TPSA) is 56.3 Å². The van der Waals surface area contributed by atoms with Gasteiger partial charge in [-0.2, -0.15) is 5.10 Å². The molecule has 6 heteroatoms. The van der Waals surface area contributed by atoms with Crippen LogP contribution >= 0.6 is 11.6 Å². The lowest BCUT2D eigenvalue weighted by atomic mass is 10.1. The van der Waals surface area contributed by atoms with Gasteiger partial charge in [0.25, 0.3) is 0 Å². The highest BCUT2D eigenvalue weighted by Gasteiger charge is 2.29. The minimum Gasteiger partial charge on any atom is -0.374 e. The average molecular weight is 259 g/mol. The maximum absolute atomic E-state index is 6.24. The SMILES string of the molecule is CCN1CCOC(C(N)c2c(Cl)cnn2C)C1. The van der Waals surface area contributed by atoms with Crippen molar-refractivity contribution in [3.63, 3.8) is 0 Å². The second-order valence-corrected chi connectivity index (χ2v) is 4.74. The fraction of sp³-hybridized carbons (Fsp3) is 0.727. The van der Waals surface area contributed by atoms with Crippen LogP contribution in [0.5, 0.6) is 0 Å². The van der Waals surface area contributed by atoms with Crippen LogP contribution in [-0.2, 0) is 11.8 Å². The van der Waals surface area contributed by atoms with Gasteiger partial charge < -0.3 is 10.5 Å². The Morgan fingerprint density at radius 1 is 1.71 bits per heavy atom. The zero-order valence-electron chi connectivity index (χ0n) is 10.3. The second kappa shape index (κ2) is 5.35. The Morgan fingerprint density at radius 3 is 3.06 bits per heavy atom. The van der Waals surface area contributed by atoms with E-state index in [9.17, 15) is 0 Å². The van der Waals surface area contributed by atoms with Gasteiger partial charge in [0.2, 0.25) is 0 Å². The van der Waals surface area contributed by atoms with Gasteiger partial charge in [-0.15, -0.1) is 0 Å². The fourth-order valence-corrected chi connectivity index (χ4v) is 2.50. The van der Waals surface area contributed by atoms with Crippen molar-refractivity contribution in [3.8, 4) is 0 Å². The zero-order chi connectivity index (χ0) is 12.4. The van der Waals surface area contributed by atoms with Crippen LogP contribution in [0.4, 0.5) is 0 Å². The molecule has 2 heterocycles. The maximum atomic E-state index is 6.24. The van der Waals surface area contributed by atoms with Crippen LogP contribution in [-0.4, -0.2) is 47.0 Å². The lowest BCUT2D eigenvalue weighted by Crippen LogP contribution is -2.47. The van der Waals surface area contributed by atoms with Gasteiger partial charge in [-0.05, 0) is 6.54 Å². The van der Waals surface area contributed by atoms with Crippen LogP contribution in [0.25, 0.3) is 0 Å². The molecule has 96 valence electrons. The summed E-state index contributed by atoms with van der Waals surface area (Å²) in [5.74, 6) is 0. The first-order chi connectivity index (χ1) is 8.13. The van der Waals surface area contributed by atoms with Crippen molar-refractivity contribution < 1.29 is 4.74 Å². The van der Waals surface area contributed by atoms with E-state index in [2.05, 4.69) is 16.9 Å². The third-order valence-electron chi connectivity index (χ3n) is 3.28. The molecule has 0 spiro atoms.